The van der Waals surface area contributed by atoms with E-state index >= 15 is 0 Å². The number of rotatable bonds is 8. The van der Waals surface area contributed by atoms with Gasteiger partial charge in [0.15, 0.2) is 0 Å². The monoisotopic (exact) mass is 966 g/mol. The van der Waals surface area contributed by atoms with E-state index in [2.05, 4.69) is 217 Å². The number of hydrogen-bond acceptors (Lipinski definition) is 3. The molecule has 11 rings (SSSR count). The number of nitrogens with zero attached hydrogens (tertiary/aromatic N) is 4. The molecule has 0 saturated carbocycles. The Morgan fingerprint density at radius 1 is 0.508 bits per heavy atom. The van der Waals surface area contributed by atoms with Crippen molar-refractivity contribution in [1.82, 2.24) is 9.55 Å². The second kappa shape index (κ2) is 15.9. The Bertz CT molecular complexity index is 3130. The van der Waals surface area contributed by atoms with Crippen LogP contribution in [0.15, 0.2) is 212 Å². The van der Waals surface area contributed by atoms with E-state index in [1.807, 2.05) is 29.4 Å². The molecule has 61 heavy (non-hydrogen) atoms. The Labute approximate surface area is 369 Å². The van der Waals surface area contributed by atoms with Crippen molar-refractivity contribution in [2.75, 3.05) is 17.2 Å². The zero-order valence-electron chi connectivity index (χ0n) is 33.3. The summed E-state index contributed by atoms with van der Waals surface area (Å²) in [4.78, 5) is 10.0. The molecule has 0 radical (unpaired) electrons. The number of hydroxylamine groups is 1. The van der Waals surface area contributed by atoms with Crippen molar-refractivity contribution in [2.45, 2.75) is 5.41 Å². The fourth-order valence-electron chi connectivity index (χ4n) is 9.10. The first-order valence-corrected chi connectivity index (χ1v) is 20.2. The van der Waals surface area contributed by atoms with Crippen LogP contribution in [0.2, 0.25) is 0 Å². The van der Waals surface area contributed by atoms with Crippen LogP contribution in [0.1, 0.15) is 22.3 Å². The molecule has 10 aromatic rings. The first-order chi connectivity index (χ1) is 29.7. The molecule has 0 saturated heterocycles. The summed E-state index contributed by atoms with van der Waals surface area (Å²) < 4.78 is 2.28. The van der Waals surface area contributed by atoms with Gasteiger partial charge in [-0.05, 0) is 69.1 Å². The molecule has 0 amide bonds. The summed E-state index contributed by atoms with van der Waals surface area (Å²) in [5, 5.41) is 6.15. The van der Waals surface area contributed by atoms with Gasteiger partial charge in [-0.15, -0.1) is 38.8 Å². The molecule has 1 aliphatic rings. The molecule has 6 heteroatoms. The van der Waals surface area contributed by atoms with Crippen LogP contribution in [0.4, 0.5) is 17.1 Å². The van der Waals surface area contributed by atoms with Gasteiger partial charge in [0.1, 0.15) is 17.2 Å². The summed E-state index contributed by atoms with van der Waals surface area (Å²) in [6.45, 7) is 0. The normalized spacial score (nSPS) is 12.4. The van der Waals surface area contributed by atoms with E-state index in [1.165, 1.54) is 11.1 Å². The van der Waals surface area contributed by atoms with Crippen LogP contribution in [0.5, 0.6) is 0 Å². The minimum atomic E-state index is -0.816. The van der Waals surface area contributed by atoms with Gasteiger partial charge in [-0.1, -0.05) is 151 Å². The van der Waals surface area contributed by atoms with Crippen LogP contribution >= 0.6 is 0 Å². The van der Waals surface area contributed by atoms with Crippen LogP contribution in [0.25, 0.3) is 49.9 Å². The van der Waals surface area contributed by atoms with Crippen molar-refractivity contribution in [3.8, 4) is 28.1 Å². The Balaban J connectivity index is 0.00000445. The molecule has 296 valence electrons. The first kappa shape index (κ1) is 38.2. The minimum Gasteiger partial charge on any atom is -0.319 e. The van der Waals surface area contributed by atoms with Crippen molar-refractivity contribution in [2.24, 2.45) is 0 Å². The third-order valence-corrected chi connectivity index (χ3v) is 11.8. The maximum absolute atomic E-state index is 5.07. The molecule has 8 aromatic carbocycles. The molecule has 0 unspecified atom stereocenters. The van der Waals surface area contributed by atoms with E-state index < -0.39 is 5.41 Å². The predicted molar refractivity (Wildman–Crippen MR) is 244 cm³/mol. The SMILES string of the molecule is CN1[OH+]N(c2[c-]c(C(c3[c-]c4c(cc3)c3ccccc3n4-c3cc(-c4ccccc4-c4ccccc4)ccn3)(c3ccccc3)c3ccccc3)ccc2)c2ccccc21.[Pt]. The molecule has 5 nitrogen and oxygen atoms in total. The number of aromatic nitrogens is 2. The molecular weight excluding hydrogens is 928 g/mol. The van der Waals surface area contributed by atoms with E-state index in [0.717, 1.165) is 78.1 Å². The molecule has 0 fully saturated rings. The largest absolute Gasteiger partial charge is 0.319 e. The van der Waals surface area contributed by atoms with Gasteiger partial charge in [-0.25, -0.2) is 4.98 Å². The van der Waals surface area contributed by atoms with Crippen LogP contribution < -0.4 is 10.1 Å². The molecule has 1 N–H and O–H groups in total. The van der Waals surface area contributed by atoms with Gasteiger partial charge < -0.3 is 4.57 Å². The van der Waals surface area contributed by atoms with E-state index in [1.54, 1.807) is 0 Å². The molecule has 1 aliphatic heterocycles. The molecular formula is C55H39N4OPt-. The van der Waals surface area contributed by atoms with E-state index in [9.17, 15) is 0 Å². The number of fused-ring (bicyclic) bond motifs is 4. The third kappa shape index (κ3) is 6.37. The molecule has 0 bridgehead atoms. The van der Waals surface area contributed by atoms with E-state index in [4.69, 9.17) is 9.92 Å². The van der Waals surface area contributed by atoms with Gasteiger partial charge in [-0.3, -0.25) is 0 Å². The maximum atomic E-state index is 5.07. The van der Waals surface area contributed by atoms with Crippen LogP contribution in [0, 0.1) is 12.1 Å². The van der Waals surface area contributed by atoms with E-state index in [-0.39, 0.29) is 21.1 Å². The first-order valence-electron chi connectivity index (χ1n) is 20.2. The Morgan fingerprint density at radius 3 is 1.85 bits per heavy atom. The Morgan fingerprint density at radius 2 is 1.11 bits per heavy atom. The van der Waals surface area contributed by atoms with Crippen molar-refractivity contribution in [3.63, 3.8) is 0 Å². The average molecular weight is 967 g/mol. The number of anilines is 3. The van der Waals surface area contributed by atoms with Gasteiger partial charge >= 0.3 is 0 Å². The predicted octanol–water partition coefficient (Wildman–Crippen LogP) is 12.9. The van der Waals surface area contributed by atoms with Crippen molar-refractivity contribution < 1.29 is 26.0 Å². The second-order valence-corrected chi connectivity index (χ2v) is 15.1. The van der Waals surface area contributed by atoms with Crippen LogP contribution in [0.3, 0.4) is 0 Å². The summed E-state index contributed by atoms with van der Waals surface area (Å²) in [6, 6.07) is 80.8. The Hall–Kier alpha value is -7.04. The number of pyridine rings is 1. The van der Waals surface area contributed by atoms with Crippen molar-refractivity contribution >= 4 is 38.9 Å². The summed E-state index contributed by atoms with van der Waals surface area (Å²) in [5.41, 5.74) is 12.9. The van der Waals surface area contributed by atoms with Gasteiger partial charge in [0.05, 0.1) is 7.05 Å². The summed E-state index contributed by atoms with van der Waals surface area (Å²) in [7, 11) is 1.98. The number of benzene rings is 8. The van der Waals surface area contributed by atoms with Crippen LogP contribution in [-0.2, 0) is 26.5 Å². The third-order valence-electron chi connectivity index (χ3n) is 11.8. The summed E-state index contributed by atoms with van der Waals surface area (Å²) >= 11 is 0. The minimum absolute atomic E-state index is 0. The van der Waals surface area contributed by atoms with E-state index in [0.29, 0.717) is 0 Å². The summed E-state index contributed by atoms with van der Waals surface area (Å²) in [6.07, 6.45) is 1.93. The van der Waals surface area contributed by atoms with Crippen LogP contribution in [-0.4, -0.2) is 21.5 Å². The fraction of sp³-hybridized carbons (Fsp3) is 0.0364. The standard InChI is InChI=1S/C55H38N4O.Pt/c1-57-51-30-15-16-31-52(51)59(60-57)45-25-17-24-43(37-45)55(41-20-7-3-8-21-41,42-22-9-4-10-23-42)44-32-33-49-48-28-13-14-29-50(48)58(53(49)38-44)54-36-40(34-35-56-54)47-27-12-11-26-46(47)39-18-5-2-6-19-39;/h2-36H,1H3;/q-2;/p+1. The molecule has 0 spiro atoms. The molecule has 0 aliphatic carbocycles. The van der Waals surface area contributed by atoms with Gasteiger partial charge in [0.25, 0.3) is 0 Å². The quantitative estimate of drug-likeness (QED) is 0.0865. The topological polar surface area (TPSA) is 37.1 Å². The molecule has 2 aromatic heterocycles. The second-order valence-electron chi connectivity index (χ2n) is 15.1. The fourth-order valence-corrected chi connectivity index (χ4v) is 9.10. The Kier molecular flexibility index (Phi) is 9.92. The van der Waals surface area contributed by atoms with Gasteiger partial charge in [0, 0.05) is 43.9 Å². The number of para-hydroxylation sites is 3. The smallest absolute Gasteiger partial charge is 0.145 e. The van der Waals surface area contributed by atoms with Crippen molar-refractivity contribution in [1.29, 1.82) is 0 Å². The van der Waals surface area contributed by atoms with Gasteiger partial charge in [-0.2, -0.15) is 35.3 Å². The number of hydrogen-bond donors (Lipinski definition) is 0. The average Bonchev–Trinajstić information content (AvgIpc) is 3.84. The molecule has 0 atom stereocenters. The molecule has 3 heterocycles. The zero-order chi connectivity index (χ0) is 40.0. The maximum Gasteiger partial charge on any atom is 0.145 e. The summed E-state index contributed by atoms with van der Waals surface area (Å²) in [5.74, 6) is 0.826. The van der Waals surface area contributed by atoms with Gasteiger partial charge in [0.2, 0.25) is 0 Å². The zero-order valence-corrected chi connectivity index (χ0v) is 35.5. The van der Waals surface area contributed by atoms with Crippen molar-refractivity contribution in [3.05, 3.63) is 247 Å².